The number of rotatable bonds is 6. The Bertz CT molecular complexity index is 1280. The third-order valence-corrected chi connectivity index (χ3v) is 8.09. The number of methoxy groups -OCH3 is 2. The molecule has 200 valence electrons. The summed E-state index contributed by atoms with van der Waals surface area (Å²) in [6.07, 6.45) is 5.68. The van der Waals surface area contributed by atoms with Gasteiger partial charge in [-0.05, 0) is 80.3 Å². The van der Waals surface area contributed by atoms with Gasteiger partial charge in [0.15, 0.2) is 17.3 Å². The molecular weight excluding hydrogens is 485 g/mol. The second-order valence-electron chi connectivity index (χ2n) is 10.5. The first-order chi connectivity index (χ1) is 18.4. The minimum Gasteiger partial charge on any atom is -0.493 e. The van der Waals surface area contributed by atoms with Crippen molar-refractivity contribution in [2.24, 2.45) is 10.9 Å². The van der Waals surface area contributed by atoms with Crippen molar-refractivity contribution in [3.05, 3.63) is 70.7 Å². The van der Waals surface area contributed by atoms with E-state index in [2.05, 4.69) is 0 Å². The quantitative estimate of drug-likeness (QED) is 0.419. The van der Waals surface area contributed by atoms with Crippen molar-refractivity contribution >= 4 is 17.5 Å². The number of hydrogen-bond acceptors (Lipinski definition) is 6. The van der Waals surface area contributed by atoms with Crippen molar-refractivity contribution in [3.8, 4) is 11.5 Å². The summed E-state index contributed by atoms with van der Waals surface area (Å²) in [4.78, 5) is 32.2. The molecule has 0 aromatic heterocycles. The van der Waals surface area contributed by atoms with Crippen molar-refractivity contribution in [1.82, 2.24) is 0 Å². The van der Waals surface area contributed by atoms with Gasteiger partial charge in [0.2, 0.25) is 0 Å². The van der Waals surface area contributed by atoms with Gasteiger partial charge in [0.1, 0.15) is 17.8 Å². The lowest BCUT2D eigenvalue weighted by atomic mass is 9.69. The fourth-order valence-corrected chi connectivity index (χ4v) is 6.16. The van der Waals surface area contributed by atoms with Gasteiger partial charge in [-0.2, -0.15) is 0 Å². The summed E-state index contributed by atoms with van der Waals surface area (Å²) in [5, 5.41) is 0. The van der Waals surface area contributed by atoms with Gasteiger partial charge in [0.25, 0.3) is 0 Å². The Morgan fingerprint density at radius 2 is 1.61 bits per heavy atom. The number of ketones is 1. The molecule has 3 aliphatic rings. The van der Waals surface area contributed by atoms with Crippen molar-refractivity contribution in [3.63, 3.8) is 0 Å². The highest BCUT2D eigenvalue weighted by atomic mass is 19.1. The highest BCUT2D eigenvalue weighted by molar-refractivity contribution is 6.09. The third-order valence-electron chi connectivity index (χ3n) is 8.09. The van der Waals surface area contributed by atoms with Gasteiger partial charge in [-0.25, -0.2) is 4.39 Å². The minimum absolute atomic E-state index is 0.0490. The molecule has 6 nitrogen and oxygen atoms in total. The summed E-state index contributed by atoms with van der Waals surface area (Å²) in [7, 11) is 3.17. The standard InChI is InChI=1S/C31H34FNO5/c1-18-28(31(35)38-23-7-5-4-6-8-23)29(19-9-12-22(32)13-10-19)30-24(33-18)15-21(16-25(30)34)20-11-14-26(36-2)27(17-20)37-3/h9-14,17,21,23,28-29H,4-8,15-16H2,1-3H3/t21-,28?,29-/m1/s1. The Kier molecular flexibility index (Phi) is 7.63. The highest BCUT2D eigenvalue weighted by Gasteiger charge is 2.45. The topological polar surface area (TPSA) is 74.2 Å². The first-order valence-electron chi connectivity index (χ1n) is 13.4. The molecule has 38 heavy (non-hydrogen) atoms. The van der Waals surface area contributed by atoms with Crippen LogP contribution in [-0.2, 0) is 14.3 Å². The SMILES string of the molecule is COc1ccc([C@H]2CC(=O)C3=C(C2)N=C(C)C(C(=O)OC2CCCCC2)[C@H]3c2ccc(F)cc2)cc1OC. The maximum atomic E-state index is 13.8. The van der Waals surface area contributed by atoms with E-state index in [4.69, 9.17) is 19.2 Å². The zero-order valence-corrected chi connectivity index (χ0v) is 22.2. The van der Waals surface area contributed by atoms with Crippen molar-refractivity contribution < 1.29 is 28.2 Å². The Labute approximate surface area is 222 Å². The molecule has 1 heterocycles. The van der Waals surface area contributed by atoms with Gasteiger partial charge in [-0.15, -0.1) is 0 Å². The van der Waals surface area contributed by atoms with E-state index in [1.807, 2.05) is 25.1 Å². The normalized spacial score (nSPS) is 23.9. The van der Waals surface area contributed by atoms with E-state index in [0.717, 1.165) is 43.2 Å². The molecule has 0 bridgehead atoms. The zero-order chi connectivity index (χ0) is 26.8. The van der Waals surface area contributed by atoms with Crippen LogP contribution in [0, 0.1) is 11.7 Å². The van der Waals surface area contributed by atoms with E-state index in [0.29, 0.717) is 34.9 Å². The van der Waals surface area contributed by atoms with Crippen LogP contribution < -0.4 is 9.47 Å². The van der Waals surface area contributed by atoms with Gasteiger partial charge in [0.05, 0.1) is 14.2 Å². The summed E-state index contributed by atoms with van der Waals surface area (Å²) < 4.78 is 30.7. The number of Topliss-reactive ketones (excluding diaryl/α,β-unsaturated/α-hetero) is 1. The molecule has 0 radical (unpaired) electrons. The maximum Gasteiger partial charge on any atom is 0.315 e. The Hall–Kier alpha value is -3.48. The number of esters is 1. The Morgan fingerprint density at radius 3 is 2.29 bits per heavy atom. The fraction of sp³-hybridized carbons (Fsp3) is 0.452. The second kappa shape index (κ2) is 11.1. The number of aliphatic imine (C=N–C) groups is 1. The predicted octanol–water partition coefficient (Wildman–Crippen LogP) is 6.29. The maximum absolute atomic E-state index is 13.8. The summed E-state index contributed by atoms with van der Waals surface area (Å²) in [6, 6.07) is 11.8. The summed E-state index contributed by atoms with van der Waals surface area (Å²) in [6.45, 7) is 1.83. The lowest BCUT2D eigenvalue weighted by molar-refractivity contribution is -0.153. The van der Waals surface area contributed by atoms with Crippen LogP contribution in [0.25, 0.3) is 0 Å². The molecule has 0 N–H and O–H groups in total. The highest BCUT2D eigenvalue weighted by Crippen LogP contribution is 2.47. The molecule has 2 aromatic carbocycles. The zero-order valence-electron chi connectivity index (χ0n) is 22.2. The molecule has 7 heteroatoms. The number of allylic oxidation sites excluding steroid dienone is 2. The Morgan fingerprint density at radius 1 is 0.921 bits per heavy atom. The van der Waals surface area contributed by atoms with Crippen molar-refractivity contribution in [1.29, 1.82) is 0 Å². The molecular formula is C31H34FNO5. The number of hydrogen-bond donors (Lipinski definition) is 0. The molecule has 0 saturated heterocycles. The number of benzene rings is 2. The summed E-state index contributed by atoms with van der Waals surface area (Å²) in [5.41, 5.74) is 3.54. The average molecular weight is 520 g/mol. The number of ether oxygens (including phenoxy) is 3. The second-order valence-corrected chi connectivity index (χ2v) is 10.5. The van der Waals surface area contributed by atoms with Crippen LogP contribution in [0.2, 0.25) is 0 Å². The van der Waals surface area contributed by atoms with E-state index in [1.165, 1.54) is 12.1 Å². The first-order valence-corrected chi connectivity index (χ1v) is 13.4. The number of carbonyl (C=O) groups is 2. The molecule has 1 saturated carbocycles. The number of carbonyl (C=O) groups excluding carboxylic acids is 2. The van der Waals surface area contributed by atoms with Crippen LogP contribution in [-0.4, -0.2) is 37.8 Å². The molecule has 2 aromatic rings. The van der Waals surface area contributed by atoms with Crippen LogP contribution in [0.3, 0.4) is 0 Å². The minimum atomic E-state index is -0.720. The van der Waals surface area contributed by atoms with Crippen LogP contribution in [0.15, 0.2) is 58.7 Å². The summed E-state index contributed by atoms with van der Waals surface area (Å²) in [5.74, 6) is -0.899. The number of halogens is 1. The van der Waals surface area contributed by atoms with Gasteiger partial charge in [0, 0.05) is 29.3 Å². The molecule has 0 spiro atoms. The average Bonchev–Trinajstić information content (AvgIpc) is 2.92. The largest absolute Gasteiger partial charge is 0.493 e. The smallest absolute Gasteiger partial charge is 0.315 e. The van der Waals surface area contributed by atoms with Crippen molar-refractivity contribution in [2.45, 2.75) is 69.8 Å². The fourth-order valence-electron chi connectivity index (χ4n) is 6.16. The van der Waals surface area contributed by atoms with E-state index in [9.17, 15) is 14.0 Å². The van der Waals surface area contributed by atoms with Crippen LogP contribution in [0.5, 0.6) is 11.5 Å². The van der Waals surface area contributed by atoms with E-state index < -0.39 is 11.8 Å². The molecule has 2 aliphatic carbocycles. The van der Waals surface area contributed by atoms with E-state index in [1.54, 1.807) is 26.4 Å². The van der Waals surface area contributed by atoms with Crippen LogP contribution in [0.4, 0.5) is 4.39 Å². The summed E-state index contributed by atoms with van der Waals surface area (Å²) >= 11 is 0. The van der Waals surface area contributed by atoms with Crippen molar-refractivity contribution in [2.75, 3.05) is 14.2 Å². The van der Waals surface area contributed by atoms with E-state index >= 15 is 0 Å². The van der Waals surface area contributed by atoms with Gasteiger partial charge in [-0.1, -0.05) is 24.6 Å². The lowest BCUT2D eigenvalue weighted by Crippen LogP contribution is -2.39. The molecule has 3 atom stereocenters. The predicted molar refractivity (Wildman–Crippen MR) is 142 cm³/mol. The molecule has 1 aliphatic heterocycles. The lowest BCUT2D eigenvalue weighted by Gasteiger charge is -2.37. The number of nitrogens with zero attached hydrogens (tertiary/aromatic N) is 1. The van der Waals surface area contributed by atoms with E-state index in [-0.39, 0.29) is 36.0 Å². The molecule has 5 rings (SSSR count). The van der Waals surface area contributed by atoms with Crippen LogP contribution >= 0.6 is 0 Å². The Balaban J connectivity index is 1.51. The van der Waals surface area contributed by atoms with Crippen LogP contribution in [0.1, 0.15) is 74.8 Å². The monoisotopic (exact) mass is 519 g/mol. The molecule has 1 unspecified atom stereocenters. The molecule has 0 amide bonds. The third kappa shape index (κ3) is 5.11. The van der Waals surface area contributed by atoms with Gasteiger partial charge < -0.3 is 14.2 Å². The molecule has 1 fully saturated rings. The first kappa shape index (κ1) is 26.1. The van der Waals surface area contributed by atoms with Gasteiger partial charge in [-0.3, -0.25) is 14.6 Å². The van der Waals surface area contributed by atoms with Gasteiger partial charge >= 0.3 is 5.97 Å².